The third kappa shape index (κ3) is 4.51. The fourth-order valence-electron chi connectivity index (χ4n) is 3.92. The van der Waals surface area contributed by atoms with Gasteiger partial charge in [0.05, 0.1) is 42.7 Å². The zero-order valence-electron chi connectivity index (χ0n) is 19.5. The number of ether oxygens (including phenoxy) is 3. The molecule has 0 spiro atoms. The molecule has 35 heavy (non-hydrogen) atoms. The number of esters is 1. The zero-order chi connectivity index (χ0) is 25.3. The zero-order valence-corrected chi connectivity index (χ0v) is 21.9. The average molecular weight is 559 g/mol. The SMILES string of the molecule is CCOC(=O)C1=C(C)N=c2s/c(=C/c3ccccc3O)c(=O)n2C1c1cc(OC)c(OC)cc1Br. The van der Waals surface area contributed by atoms with E-state index in [4.69, 9.17) is 14.2 Å². The minimum atomic E-state index is -0.828. The Balaban J connectivity index is 2.03. The van der Waals surface area contributed by atoms with Crippen molar-refractivity contribution in [3.05, 3.63) is 83.0 Å². The van der Waals surface area contributed by atoms with Crippen molar-refractivity contribution in [2.45, 2.75) is 19.9 Å². The minimum Gasteiger partial charge on any atom is -0.507 e. The number of carbonyl (C=O) groups excluding carboxylic acids is 1. The van der Waals surface area contributed by atoms with E-state index in [1.165, 1.54) is 30.1 Å². The normalized spacial score (nSPS) is 15.5. The lowest BCUT2D eigenvalue weighted by Crippen LogP contribution is -2.40. The molecule has 2 aromatic carbocycles. The number of rotatable bonds is 6. The van der Waals surface area contributed by atoms with Crippen molar-refractivity contribution >= 4 is 39.3 Å². The van der Waals surface area contributed by atoms with Crippen LogP contribution in [0.4, 0.5) is 0 Å². The summed E-state index contributed by atoms with van der Waals surface area (Å²) in [7, 11) is 3.04. The van der Waals surface area contributed by atoms with Crippen LogP contribution in [0.5, 0.6) is 17.2 Å². The summed E-state index contributed by atoms with van der Waals surface area (Å²) in [4.78, 5) is 31.8. The van der Waals surface area contributed by atoms with Crippen LogP contribution in [0.1, 0.15) is 31.0 Å². The number of phenols is 1. The Kier molecular flexibility index (Phi) is 7.13. The molecular formula is C25H23BrN2O6S. The second-order valence-corrected chi connectivity index (χ2v) is 9.45. The number of thiazole rings is 1. The van der Waals surface area contributed by atoms with Crippen LogP contribution in [0.2, 0.25) is 0 Å². The Hall–Kier alpha value is -3.37. The molecule has 182 valence electrons. The van der Waals surface area contributed by atoms with Crippen LogP contribution >= 0.6 is 27.3 Å². The number of para-hydroxylation sites is 1. The van der Waals surface area contributed by atoms with Crippen LogP contribution in [0.25, 0.3) is 6.08 Å². The Morgan fingerprint density at radius 1 is 1.23 bits per heavy atom. The Morgan fingerprint density at radius 3 is 2.57 bits per heavy atom. The minimum absolute atomic E-state index is 0.0564. The molecule has 1 aromatic heterocycles. The van der Waals surface area contributed by atoms with E-state index in [0.29, 0.717) is 42.1 Å². The Bertz CT molecular complexity index is 1520. The van der Waals surface area contributed by atoms with Gasteiger partial charge in [0.25, 0.3) is 5.56 Å². The van der Waals surface area contributed by atoms with E-state index in [0.717, 1.165) is 0 Å². The monoisotopic (exact) mass is 558 g/mol. The van der Waals surface area contributed by atoms with Crippen molar-refractivity contribution in [3.63, 3.8) is 0 Å². The maximum Gasteiger partial charge on any atom is 0.338 e. The molecule has 4 rings (SSSR count). The third-order valence-electron chi connectivity index (χ3n) is 5.54. The molecule has 1 aliphatic heterocycles. The summed E-state index contributed by atoms with van der Waals surface area (Å²) in [6, 6.07) is 9.37. The molecule has 0 bridgehead atoms. The van der Waals surface area contributed by atoms with Gasteiger partial charge < -0.3 is 19.3 Å². The summed E-state index contributed by atoms with van der Waals surface area (Å²) in [5, 5.41) is 10.2. The van der Waals surface area contributed by atoms with Gasteiger partial charge in [-0.25, -0.2) is 9.79 Å². The first kappa shape index (κ1) is 24.7. The maximum absolute atomic E-state index is 13.7. The number of aromatic hydroxyl groups is 1. The smallest absolute Gasteiger partial charge is 0.338 e. The molecule has 2 heterocycles. The highest BCUT2D eigenvalue weighted by atomic mass is 79.9. The molecule has 0 saturated carbocycles. The lowest BCUT2D eigenvalue weighted by atomic mass is 9.95. The lowest BCUT2D eigenvalue weighted by Gasteiger charge is -2.26. The number of allylic oxidation sites excluding steroid dienone is 1. The topological polar surface area (TPSA) is 99.4 Å². The lowest BCUT2D eigenvalue weighted by molar-refractivity contribution is -0.139. The number of hydrogen-bond acceptors (Lipinski definition) is 8. The number of aromatic nitrogens is 1. The van der Waals surface area contributed by atoms with Crippen molar-refractivity contribution in [3.8, 4) is 17.2 Å². The summed E-state index contributed by atoms with van der Waals surface area (Å²) < 4.78 is 18.7. The molecule has 10 heteroatoms. The number of phenolic OH excluding ortho intramolecular Hbond substituents is 1. The van der Waals surface area contributed by atoms with Gasteiger partial charge in [0, 0.05) is 10.0 Å². The van der Waals surface area contributed by atoms with Gasteiger partial charge in [-0.2, -0.15) is 0 Å². The standard InChI is InChI=1S/C25H23BrN2O6S/c1-5-34-24(31)21-13(2)27-25-28(22(21)15-11-18(32-3)19(33-4)12-16(15)26)23(30)20(35-25)10-14-8-6-7-9-17(14)29/h6-12,22,29H,5H2,1-4H3/b20-10+. The molecule has 1 aliphatic rings. The first-order chi connectivity index (χ1) is 16.8. The summed E-state index contributed by atoms with van der Waals surface area (Å²) in [5.74, 6) is 0.435. The van der Waals surface area contributed by atoms with Gasteiger partial charge in [0.1, 0.15) is 5.75 Å². The van der Waals surface area contributed by atoms with E-state index in [-0.39, 0.29) is 23.5 Å². The van der Waals surface area contributed by atoms with E-state index >= 15 is 0 Å². The predicted molar refractivity (Wildman–Crippen MR) is 136 cm³/mol. The number of nitrogens with zero attached hydrogens (tertiary/aromatic N) is 2. The molecule has 0 radical (unpaired) electrons. The van der Waals surface area contributed by atoms with E-state index in [1.807, 2.05) is 0 Å². The molecule has 0 aliphatic carbocycles. The van der Waals surface area contributed by atoms with Crippen molar-refractivity contribution in [2.75, 3.05) is 20.8 Å². The number of hydrogen-bond donors (Lipinski definition) is 1. The molecule has 1 N–H and O–H groups in total. The number of carbonyl (C=O) groups is 1. The fraction of sp³-hybridized carbons (Fsp3) is 0.240. The van der Waals surface area contributed by atoms with Gasteiger partial charge in [-0.3, -0.25) is 9.36 Å². The highest BCUT2D eigenvalue weighted by Crippen LogP contribution is 2.40. The fourth-order valence-corrected chi connectivity index (χ4v) is 5.49. The van der Waals surface area contributed by atoms with Crippen molar-refractivity contribution in [1.82, 2.24) is 4.57 Å². The van der Waals surface area contributed by atoms with Gasteiger partial charge in [-0.15, -0.1) is 0 Å². The maximum atomic E-state index is 13.7. The summed E-state index contributed by atoms with van der Waals surface area (Å²) in [6.07, 6.45) is 1.61. The predicted octanol–water partition coefficient (Wildman–Crippen LogP) is 3.28. The van der Waals surface area contributed by atoms with Gasteiger partial charge in [0.2, 0.25) is 0 Å². The van der Waals surface area contributed by atoms with Crippen LogP contribution in [-0.2, 0) is 9.53 Å². The van der Waals surface area contributed by atoms with Crippen molar-refractivity contribution in [2.24, 2.45) is 4.99 Å². The average Bonchev–Trinajstić information content (AvgIpc) is 3.14. The van der Waals surface area contributed by atoms with Crippen LogP contribution in [0.15, 0.2) is 61.9 Å². The summed E-state index contributed by atoms with van der Waals surface area (Å²) >= 11 is 4.75. The highest BCUT2D eigenvalue weighted by molar-refractivity contribution is 9.10. The van der Waals surface area contributed by atoms with Crippen LogP contribution in [0.3, 0.4) is 0 Å². The quantitative estimate of drug-likeness (QED) is 0.466. The van der Waals surface area contributed by atoms with E-state index in [9.17, 15) is 14.7 Å². The number of fused-ring (bicyclic) bond motifs is 1. The molecular weight excluding hydrogens is 536 g/mol. The number of halogens is 1. The first-order valence-corrected chi connectivity index (χ1v) is 12.3. The molecule has 0 saturated heterocycles. The first-order valence-electron chi connectivity index (χ1n) is 10.7. The van der Waals surface area contributed by atoms with Gasteiger partial charge in [-0.1, -0.05) is 45.5 Å². The van der Waals surface area contributed by atoms with E-state index < -0.39 is 12.0 Å². The second-order valence-electron chi connectivity index (χ2n) is 7.59. The molecule has 3 aromatic rings. The molecule has 0 amide bonds. The largest absolute Gasteiger partial charge is 0.507 e. The van der Waals surface area contributed by atoms with Crippen molar-refractivity contribution in [1.29, 1.82) is 0 Å². The third-order valence-corrected chi connectivity index (χ3v) is 7.21. The van der Waals surface area contributed by atoms with Gasteiger partial charge in [0.15, 0.2) is 16.3 Å². The van der Waals surface area contributed by atoms with Crippen LogP contribution < -0.4 is 24.4 Å². The Labute approximate surface area is 213 Å². The van der Waals surface area contributed by atoms with Crippen LogP contribution in [0, 0.1) is 0 Å². The number of methoxy groups -OCH3 is 2. The van der Waals surface area contributed by atoms with E-state index in [2.05, 4.69) is 20.9 Å². The molecule has 1 atom stereocenters. The molecule has 1 unspecified atom stereocenters. The van der Waals surface area contributed by atoms with Crippen LogP contribution in [-0.4, -0.2) is 36.5 Å². The highest BCUT2D eigenvalue weighted by Gasteiger charge is 2.35. The van der Waals surface area contributed by atoms with Gasteiger partial charge >= 0.3 is 5.97 Å². The van der Waals surface area contributed by atoms with Gasteiger partial charge in [-0.05, 0) is 43.7 Å². The van der Waals surface area contributed by atoms with E-state index in [1.54, 1.807) is 56.3 Å². The summed E-state index contributed by atoms with van der Waals surface area (Å²) in [5.41, 5.74) is 1.46. The molecule has 0 fully saturated rings. The van der Waals surface area contributed by atoms with Crippen molar-refractivity contribution < 1.29 is 24.1 Å². The molecule has 8 nitrogen and oxygen atoms in total. The number of benzene rings is 2. The second kappa shape index (κ2) is 10.1. The Morgan fingerprint density at radius 2 is 1.91 bits per heavy atom. The summed E-state index contributed by atoms with van der Waals surface area (Å²) in [6.45, 7) is 3.61.